The van der Waals surface area contributed by atoms with Gasteiger partial charge in [-0.15, -0.1) is 33.2 Å². The Labute approximate surface area is 175 Å². The Balaban J connectivity index is 3.03. The summed E-state index contributed by atoms with van der Waals surface area (Å²) in [4.78, 5) is 0. The Hall–Kier alpha value is 1.30. The van der Waals surface area contributed by atoms with Gasteiger partial charge in [-0.1, -0.05) is 122 Å². The van der Waals surface area contributed by atoms with Crippen LogP contribution in [0.5, 0.6) is 0 Å². The molecule has 0 atom stereocenters. The highest BCUT2D eigenvalue weighted by molar-refractivity contribution is 7.64. The molecule has 0 bridgehead atoms. The molecule has 5 heteroatoms. The van der Waals surface area contributed by atoms with Crippen molar-refractivity contribution >= 4 is 48.0 Å². The third-order valence-electron chi connectivity index (χ3n) is 4.99. The molecular weight excluding hydrogens is 403 g/mol. The van der Waals surface area contributed by atoms with Crippen molar-refractivity contribution in [2.24, 2.45) is 0 Å². The minimum atomic E-state index is -2.35. The Morgan fingerprint density at radius 2 is 0.760 bits per heavy atom. The van der Waals surface area contributed by atoms with Gasteiger partial charge in [0.2, 0.25) is 0 Å². The van der Waals surface area contributed by atoms with E-state index < -0.39 is 6.00 Å². The van der Waals surface area contributed by atoms with E-state index in [0.29, 0.717) is 0 Å². The lowest BCUT2D eigenvalue weighted by molar-refractivity contribution is 0.531. The van der Waals surface area contributed by atoms with Crippen LogP contribution in [-0.2, 0) is 0 Å². The summed E-state index contributed by atoms with van der Waals surface area (Å²) in [5.74, 6) is 0. The molecular formula is C20H43Cl3Si2. The molecule has 0 aliphatic heterocycles. The summed E-state index contributed by atoms with van der Waals surface area (Å²) in [6.45, 7) is 4.94. The Morgan fingerprint density at radius 1 is 0.480 bits per heavy atom. The molecule has 25 heavy (non-hydrogen) atoms. The minimum absolute atomic E-state index is 0.285. The van der Waals surface area contributed by atoms with Crippen LogP contribution in [0.2, 0.25) is 25.2 Å². The van der Waals surface area contributed by atoms with Gasteiger partial charge in [-0.05, 0) is 6.04 Å². The zero-order valence-electron chi connectivity index (χ0n) is 16.9. The highest BCUT2D eigenvalue weighted by Crippen LogP contribution is 2.27. The average molecular weight is 446 g/mol. The summed E-state index contributed by atoms with van der Waals surface area (Å²) >= 11 is 17.7. The summed E-state index contributed by atoms with van der Waals surface area (Å²) in [7, 11) is -0.285. The fourth-order valence-corrected chi connectivity index (χ4v) is 6.31. The standard InChI is InChI=1S/C20H43Cl3Si2/c1-24(2)19-17-15-13-11-9-7-5-3-4-6-8-10-12-14-16-18-20-25(21,22)23/h24H,3-20H2,1-2H3. The number of halogens is 3. The molecule has 0 amide bonds. The van der Waals surface area contributed by atoms with Gasteiger partial charge in [0.25, 0.3) is 0 Å². The van der Waals surface area contributed by atoms with Crippen LogP contribution in [0.1, 0.15) is 103 Å². The molecule has 0 spiro atoms. The van der Waals surface area contributed by atoms with Gasteiger partial charge in [0.1, 0.15) is 0 Å². The van der Waals surface area contributed by atoms with Crippen LogP contribution >= 0.6 is 33.2 Å². The highest BCUT2D eigenvalue weighted by atomic mass is 35.8. The van der Waals surface area contributed by atoms with Crippen LogP contribution in [0.25, 0.3) is 0 Å². The second kappa shape index (κ2) is 18.7. The third-order valence-corrected chi connectivity index (χ3v) is 9.18. The Bertz CT molecular complexity index is 268. The fourth-order valence-electron chi connectivity index (χ4n) is 3.35. The van der Waals surface area contributed by atoms with Crippen molar-refractivity contribution in [2.75, 3.05) is 0 Å². The zero-order valence-corrected chi connectivity index (χ0v) is 21.4. The van der Waals surface area contributed by atoms with Gasteiger partial charge in [0.15, 0.2) is 0 Å². The summed E-state index contributed by atoms with van der Waals surface area (Å²) in [6, 6.07) is 0.0302. The van der Waals surface area contributed by atoms with Crippen molar-refractivity contribution in [3.05, 3.63) is 0 Å². The van der Waals surface area contributed by atoms with Crippen molar-refractivity contribution in [2.45, 2.75) is 128 Å². The molecule has 0 nitrogen and oxygen atoms in total. The van der Waals surface area contributed by atoms with E-state index in [2.05, 4.69) is 13.1 Å². The van der Waals surface area contributed by atoms with Crippen LogP contribution in [0, 0.1) is 0 Å². The van der Waals surface area contributed by atoms with E-state index in [4.69, 9.17) is 33.2 Å². The van der Waals surface area contributed by atoms with Gasteiger partial charge in [-0.3, -0.25) is 0 Å². The first-order valence-corrected chi connectivity index (χ1v) is 19.4. The smallest absolute Gasteiger partial charge is 0.126 e. The van der Waals surface area contributed by atoms with Gasteiger partial charge in [0, 0.05) is 8.80 Å². The Morgan fingerprint density at radius 3 is 1.04 bits per heavy atom. The molecule has 0 fully saturated rings. The van der Waals surface area contributed by atoms with Gasteiger partial charge in [-0.25, -0.2) is 0 Å². The molecule has 0 aromatic heterocycles. The lowest BCUT2D eigenvalue weighted by Gasteiger charge is -2.07. The molecule has 0 rings (SSSR count). The monoisotopic (exact) mass is 444 g/mol. The molecule has 0 heterocycles. The molecule has 0 aromatic carbocycles. The number of unbranched alkanes of at least 4 members (excludes halogenated alkanes) is 15. The molecule has 0 aromatic rings. The number of rotatable bonds is 19. The minimum Gasteiger partial charge on any atom is -0.126 e. The van der Waals surface area contributed by atoms with E-state index in [1.165, 1.54) is 96.3 Å². The van der Waals surface area contributed by atoms with E-state index in [0.717, 1.165) is 12.5 Å². The zero-order chi connectivity index (χ0) is 18.8. The fraction of sp³-hybridized carbons (Fsp3) is 1.00. The maximum atomic E-state index is 5.89. The quantitative estimate of drug-likeness (QED) is 0.105. The first-order valence-electron chi connectivity index (χ1n) is 11.0. The van der Waals surface area contributed by atoms with Crippen LogP contribution in [0.4, 0.5) is 0 Å². The number of hydrogen-bond donors (Lipinski definition) is 0. The molecule has 0 saturated heterocycles. The summed E-state index contributed by atoms with van der Waals surface area (Å²) in [6.07, 6.45) is 22.5. The van der Waals surface area contributed by atoms with E-state index in [1.54, 1.807) is 6.04 Å². The van der Waals surface area contributed by atoms with Crippen molar-refractivity contribution in [1.29, 1.82) is 0 Å². The van der Waals surface area contributed by atoms with Crippen molar-refractivity contribution in [1.82, 2.24) is 0 Å². The van der Waals surface area contributed by atoms with E-state index in [1.807, 2.05) is 0 Å². The molecule has 0 aliphatic carbocycles. The highest BCUT2D eigenvalue weighted by Gasteiger charge is 2.23. The molecule has 0 N–H and O–H groups in total. The summed E-state index contributed by atoms with van der Waals surface area (Å²) in [5.41, 5.74) is 0. The van der Waals surface area contributed by atoms with Crippen molar-refractivity contribution in [3.63, 3.8) is 0 Å². The molecule has 0 unspecified atom stereocenters. The van der Waals surface area contributed by atoms with E-state index >= 15 is 0 Å². The molecule has 0 saturated carbocycles. The lowest BCUT2D eigenvalue weighted by Crippen LogP contribution is -2.07. The van der Waals surface area contributed by atoms with Gasteiger partial charge in [0.05, 0.1) is 0 Å². The van der Waals surface area contributed by atoms with Gasteiger partial charge >= 0.3 is 6.00 Å². The maximum Gasteiger partial charge on any atom is 0.341 e. The van der Waals surface area contributed by atoms with Crippen LogP contribution in [0.15, 0.2) is 0 Å². The second-order valence-electron chi connectivity index (χ2n) is 8.20. The summed E-state index contributed by atoms with van der Waals surface area (Å²) in [5, 5.41) is 0. The largest absolute Gasteiger partial charge is 0.341 e. The van der Waals surface area contributed by atoms with Gasteiger partial charge in [-0.2, -0.15) is 0 Å². The molecule has 0 aliphatic rings. The predicted octanol–water partition coefficient (Wildman–Crippen LogP) is 9.37. The van der Waals surface area contributed by atoms with Crippen molar-refractivity contribution < 1.29 is 0 Å². The maximum absolute atomic E-state index is 5.89. The van der Waals surface area contributed by atoms with Gasteiger partial charge < -0.3 is 0 Å². The SMILES string of the molecule is C[SiH](C)CCCCCCCCCCCCCCCCCC[Si](Cl)(Cl)Cl. The van der Waals surface area contributed by atoms with Crippen LogP contribution < -0.4 is 0 Å². The van der Waals surface area contributed by atoms with Crippen LogP contribution in [-0.4, -0.2) is 14.8 Å². The first kappa shape index (κ1) is 26.3. The average Bonchev–Trinajstić information content (AvgIpc) is 2.52. The molecule has 152 valence electrons. The lowest BCUT2D eigenvalue weighted by atomic mass is 10.0. The first-order chi connectivity index (χ1) is 11.9. The second-order valence-corrected chi connectivity index (χ2v) is 20.8. The van der Waals surface area contributed by atoms with E-state index in [-0.39, 0.29) is 8.80 Å². The normalized spacial score (nSPS) is 12.2. The topological polar surface area (TPSA) is 0 Å². The molecule has 0 radical (unpaired) electrons. The summed E-state index contributed by atoms with van der Waals surface area (Å²) < 4.78 is 0. The predicted molar refractivity (Wildman–Crippen MR) is 126 cm³/mol. The van der Waals surface area contributed by atoms with Crippen molar-refractivity contribution in [3.8, 4) is 0 Å². The Kier molecular flexibility index (Phi) is 19.6. The van der Waals surface area contributed by atoms with Crippen LogP contribution in [0.3, 0.4) is 0 Å². The third kappa shape index (κ3) is 25.3. The van der Waals surface area contributed by atoms with E-state index in [9.17, 15) is 0 Å². The number of hydrogen-bond acceptors (Lipinski definition) is 0.